The van der Waals surface area contributed by atoms with Crippen molar-refractivity contribution in [2.45, 2.75) is 52.4 Å². The molecule has 3 aromatic carbocycles. The maximum atomic E-state index is 13.6. The Morgan fingerprint density at radius 3 is 2.69 bits per heavy atom. The number of hydrogen-bond acceptors (Lipinski definition) is 6. The Morgan fingerprint density at radius 2 is 1.91 bits per heavy atom. The predicted octanol–water partition coefficient (Wildman–Crippen LogP) is 6.34. The van der Waals surface area contributed by atoms with E-state index in [4.69, 9.17) is 14.5 Å². The van der Waals surface area contributed by atoms with Gasteiger partial charge in [-0.15, -0.1) is 0 Å². The van der Waals surface area contributed by atoms with E-state index in [0.717, 1.165) is 56.1 Å². The fraction of sp³-hybridized carbons (Fsp3) is 0.278. The third-order valence-electron chi connectivity index (χ3n) is 8.55. The van der Waals surface area contributed by atoms with Gasteiger partial charge in [-0.05, 0) is 86.3 Å². The van der Waals surface area contributed by atoms with Crippen LogP contribution in [0.15, 0.2) is 71.8 Å². The Morgan fingerprint density at radius 1 is 1.09 bits per heavy atom. The van der Waals surface area contributed by atoms with Crippen LogP contribution in [0.4, 0.5) is 0 Å². The molecular weight excluding hydrogens is 568 g/mol. The largest absolute Gasteiger partial charge is 0.493 e. The first kappa shape index (κ1) is 28.7. The van der Waals surface area contributed by atoms with Gasteiger partial charge in [0.2, 0.25) is 0 Å². The van der Waals surface area contributed by atoms with Crippen LogP contribution in [0.5, 0.6) is 5.75 Å². The van der Waals surface area contributed by atoms with Crippen molar-refractivity contribution in [3.63, 3.8) is 0 Å². The first-order chi connectivity index (χ1) is 21.5. The molecule has 0 amide bonds. The molecule has 1 aliphatic rings. The third kappa shape index (κ3) is 4.84. The van der Waals surface area contributed by atoms with Gasteiger partial charge in [0.15, 0.2) is 6.10 Å². The molecule has 0 aliphatic carbocycles. The van der Waals surface area contributed by atoms with Gasteiger partial charge < -0.3 is 19.1 Å². The number of carboxylic acids is 1. The van der Waals surface area contributed by atoms with Crippen molar-refractivity contribution < 1.29 is 19.4 Å². The number of hydrogen-bond donors (Lipinski definition) is 1. The zero-order valence-corrected chi connectivity index (χ0v) is 25.9. The summed E-state index contributed by atoms with van der Waals surface area (Å²) in [6.45, 7) is 8.31. The van der Waals surface area contributed by atoms with E-state index in [1.54, 1.807) is 22.9 Å². The lowest BCUT2D eigenvalue weighted by atomic mass is 9.86. The van der Waals surface area contributed by atoms with Gasteiger partial charge in [0.1, 0.15) is 5.75 Å². The summed E-state index contributed by atoms with van der Waals surface area (Å²) in [7, 11) is 1.89. The second-order valence-corrected chi connectivity index (χ2v) is 12.6. The number of fused-ring (bicyclic) bond motifs is 2. The molecule has 1 atom stereocenters. The van der Waals surface area contributed by atoms with Crippen LogP contribution in [0.3, 0.4) is 0 Å². The maximum absolute atomic E-state index is 13.6. The van der Waals surface area contributed by atoms with E-state index in [1.165, 1.54) is 0 Å². The second-order valence-electron chi connectivity index (χ2n) is 12.6. The maximum Gasteiger partial charge on any atom is 0.337 e. The number of carboxylic acid groups (broad SMARTS) is 1. The van der Waals surface area contributed by atoms with E-state index in [9.17, 15) is 14.7 Å². The van der Waals surface area contributed by atoms with Crippen LogP contribution in [0.25, 0.3) is 43.8 Å². The van der Waals surface area contributed by atoms with Crippen LogP contribution in [0, 0.1) is 6.92 Å². The molecule has 1 unspecified atom stereocenters. The molecule has 0 fully saturated rings. The van der Waals surface area contributed by atoms with Crippen molar-refractivity contribution in [3.05, 3.63) is 99.6 Å². The number of pyridine rings is 2. The number of aryl methyl sites for hydroxylation is 2. The Hall–Kier alpha value is -5.02. The number of ether oxygens (including phenoxy) is 2. The van der Waals surface area contributed by atoms with Crippen molar-refractivity contribution in [1.29, 1.82) is 0 Å². The molecule has 0 spiro atoms. The molecule has 1 aliphatic heterocycles. The van der Waals surface area contributed by atoms with E-state index in [2.05, 4.69) is 5.10 Å². The number of nitrogens with zero attached hydrogens (tertiary/aromatic N) is 4. The fourth-order valence-electron chi connectivity index (χ4n) is 6.61. The lowest BCUT2D eigenvalue weighted by molar-refractivity contribution is -0.160. The number of benzene rings is 3. The smallest absolute Gasteiger partial charge is 0.337 e. The SMILES string of the molecule is Cc1cc2c(ccc(=O)n2Cc2cccc3c2cnn3C)c(-c2ccc3c4c(ccnc24)CCO3)c1C(OC(C)(C)C)C(=O)O. The van der Waals surface area contributed by atoms with Crippen LogP contribution < -0.4 is 10.3 Å². The van der Waals surface area contributed by atoms with Crippen molar-refractivity contribution in [2.24, 2.45) is 7.05 Å². The molecule has 45 heavy (non-hydrogen) atoms. The molecule has 0 saturated heterocycles. The Bertz CT molecular complexity index is 2210. The highest BCUT2D eigenvalue weighted by molar-refractivity contribution is 6.08. The van der Waals surface area contributed by atoms with Crippen molar-refractivity contribution in [1.82, 2.24) is 19.3 Å². The van der Waals surface area contributed by atoms with Crippen molar-refractivity contribution in [3.8, 4) is 16.9 Å². The second kappa shape index (κ2) is 10.6. The minimum atomic E-state index is -1.27. The number of rotatable bonds is 6. The standard InChI is InChI=1S/C36H34N4O5/c1-20-17-27-23(10-12-29(41)40(27)19-22-7-6-8-26-25(22)18-38-39(26)5)32(30(20)34(35(42)43)45-36(2,3)4)24-9-11-28-31-21(14-16-44-28)13-15-37-33(24)31/h6-13,15,17-18,34H,14,16,19H2,1-5H3,(H,42,43). The molecule has 4 heterocycles. The van der Waals surface area contributed by atoms with Gasteiger partial charge in [-0.25, -0.2) is 4.79 Å². The molecule has 1 N–H and O–H groups in total. The zero-order chi connectivity index (χ0) is 31.6. The summed E-state index contributed by atoms with van der Waals surface area (Å²) in [6.07, 6.45) is 3.09. The Labute approximate surface area is 259 Å². The molecule has 228 valence electrons. The van der Waals surface area contributed by atoms with E-state index in [0.29, 0.717) is 35.4 Å². The number of aliphatic carboxylic acids is 1. The van der Waals surface area contributed by atoms with Gasteiger partial charge in [0, 0.05) is 53.0 Å². The summed E-state index contributed by atoms with van der Waals surface area (Å²) in [6, 6.07) is 17.1. The first-order valence-electron chi connectivity index (χ1n) is 15.0. The van der Waals surface area contributed by atoms with Gasteiger partial charge in [-0.1, -0.05) is 12.1 Å². The minimum absolute atomic E-state index is 0.161. The fourth-order valence-corrected chi connectivity index (χ4v) is 6.61. The molecule has 3 aromatic heterocycles. The zero-order valence-electron chi connectivity index (χ0n) is 25.9. The van der Waals surface area contributed by atoms with E-state index in [1.807, 2.05) is 88.1 Å². The third-order valence-corrected chi connectivity index (χ3v) is 8.55. The van der Waals surface area contributed by atoms with Gasteiger partial charge in [0.25, 0.3) is 5.56 Å². The van der Waals surface area contributed by atoms with Crippen LogP contribution >= 0.6 is 0 Å². The predicted molar refractivity (Wildman–Crippen MR) is 174 cm³/mol. The van der Waals surface area contributed by atoms with Crippen LogP contribution in [-0.4, -0.2) is 42.6 Å². The summed E-state index contributed by atoms with van der Waals surface area (Å²) in [5.41, 5.74) is 6.23. The number of carbonyl (C=O) groups is 1. The normalized spacial score (nSPS) is 13.8. The van der Waals surface area contributed by atoms with Crippen LogP contribution in [0.2, 0.25) is 0 Å². The molecule has 9 heteroatoms. The van der Waals surface area contributed by atoms with Crippen molar-refractivity contribution >= 4 is 38.7 Å². The molecule has 9 nitrogen and oxygen atoms in total. The topological polar surface area (TPSA) is 108 Å². The molecule has 0 saturated carbocycles. The summed E-state index contributed by atoms with van der Waals surface area (Å²) in [5, 5.41) is 17.6. The van der Waals surface area contributed by atoms with E-state index >= 15 is 0 Å². The molecule has 0 bridgehead atoms. The minimum Gasteiger partial charge on any atom is -0.493 e. The van der Waals surface area contributed by atoms with Crippen LogP contribution in [0.1, 0.15) is 49.1 Å². The highest BCUT2D eigenvalue weighted by Gasteiger charge is 2.33. The quantitative estimate of drug-likeness (QED) is 0.237. The summed E-state index contributed by atoms with van der Waals surface area (Å²) >= 11 is 0. The first-order valence-corrected chi connectivity index (χ1v) is 15.0. The summed E-state index contributed by atoms with van der Waals surface area (Å²) < 4.78 is 15.8. The highest BCUT2D eigenvalue weighted by atomic mass is 16.5. The summed E-state index contributed by atoms with van der Waals surface area (Å²) in [4.78, 5) is 31.4. The van der Waals surface area contributed by atoms with E-state index in [-0.39, 0.29) is 5.56 Å². The number of aromatic nitrogens is 4. The molecule has 0 radical (unpaired) electrons. The summed E-state index contributed by atoms with van der Waals surface area (Å²) in [5.74, 6) is -0.340. The average Bonchev–Trinajstić information content (AvgIpc) is 3.38. The van der Waals surface area contributed by atoms with Gasteiger partial charge in [-0.2, -0.15) is 5.10 Å². The lowest BCUT2D eigenvalue weighted by Gasteiger charge is -2.29. The van der Waals surface area contributed by atoms with Gasteiger partial charge in [-0.3, -0.25) is 14.5 Å². The van der Waals surface area contributed by atoms with Crippen molar-refractivity contribution in [2.75, 3.05) is 6.61 Å². The molecule has 7 rings (SSSR count). The van der Waals surface area contributed by atoms with Gasteiger partial charge >= 0.3 is 5.97 Å². The average molecular weight is 603 g/mol. The monoisotopic (exact) mass is 602 g/mol. The highest BCUT2D eigenvalue weighted by Crippen LogP contribution is 2.45. The van der Waals surface area contributed by atoms with E-state index < -0.39 is 17.7 Å². The molecule has 6 aromatic rings. The van der Waals surface area contributed by atoms with Gasteiger partial charge in [0.05, 0.1) is 41.5 Å². The Kier molecular flexibility index (Phi) is 6.74. The molecular formula is C36H34N4O5. The van der Waals surface area contributed by atoms with Crippen LogP contribution in [-0.2, 0) is 29.5 Å². The Balaban J connectivity index is 1.57. The lowest BCUT2D eigenvalue weighted by Crippen LogP contribution is -2.28.